The molecule has 1 aromatic heterocycles. The fraction of sp³-hybridized carbons (Fsp3) is 0.812. The van der Waals surface area contributed by atoms with E-state index in [9.17, 15) is 0 Å². The van der Waals surface area contributed by atoms with Crippen LogP contribution in [0.5, 0.6) is 0 Å². The van der Waals surface area contributed by atoms with E-state index in [0.29, 0.717) is 0 Å². The lowest BCUT2D eigenvalue weighted by Crippen LogP contribution is -2.23. The Morgan fingerprint density at radius 1 is 1.38 bits per heavy atom. The molecule has 1 N–H and O–H groups in total. The molecule has 21 heavy (non-hydrogen) atoms. The Morgan fingerprint density at radius 2 is 2.14 bits per heavy atom. The average molecular weight is 311 g/mol. The number of hydrogen-bond donors (Lipinski definition) is 1. The van der Waals surface area contributed by atoms with E-state index in [4.69, 9.17) is 9.72 Å². The van der Waals surface area contributed by atoms with Gasteiger partial charge in [-0.15, -0.1) is 11.3 Å². The van der Waals surface area contributed by atoms with Gasteiger partial charge in [-0.25, -0.2) is 4.98 Å². The Hall–Kier alpha value is -0.650. The number of ether oxygens (including phenoxy) is 1. The van der Waals surface area contributed by atoms with Gasteiger partial charge in [0.05, 0.1) is 12.3 Å². The van der Waals surface area contributed by atoms with Crippen molar-refractivity contribution < 1.29 is 4.74 Å². The van der Waals surface area contributed by atoms with E-state index in [1.807, 2.05) is 11.3 Å². The molecule has 2 rings (SSSR count). The number of aryl methyl sites for hydroxylation is 1. The summed E-state index contributed by atoms with van der Waals surface area (Å²) in [5.74, 6) is 0.868. The highest BCUT2D eigenvalue weighted by molar-refractivity contribution is 7.15. The average Bonchev–Trinajstić information content (AvgIpc) is 3.12. The van der Waals surface area contributed by atoms with Crippen LogP contribution in [0.1, 0.15) is 43.2 Å². The van der Waals surface area contributed by atoms with Gasteiger partial charge >= 0.3 is 0 Å². The lowest BCUT2D eigenvalue weighted by molar-refractivity contribution is 0.199. The molecule has 120 valence electrons. The quantitative estimate of drug-likeness (QED) is 0.711. The van der Waals surface area contributed by atoms with Crippen LogP contribution in [-0.2, 0) is 17.7 Å². The number of nitrogens with one attached hydrogen (secondary N) is 1. The van der Waals surface area contributed by atoms with E-state index in [1.165, 1.54) is 41.4 Å². The molecule has 0 amide bonds. The molecule has 0 radical (unpaired) electrons. The molecule has 0 aliphatic heterocycles. The highest BCUT2D eigenvalue weighted by Gasteiger charge is 2.19. The summed E-state index contributed by atoms with van der Waals surface area (Å²) in [7, 11) is 3.93. The molecule has 1 aliphatic rings. The van der Waals surface area contributed by atoms with E-state index < -0.39 is 0 Å². The molecule has 1 heterocycles. The Morgan fingerprint density at radius 3 is 2.81 bits per heavy atom. The van der Waals surface area contributed by atoms with Crippen LogP contribution >= 0.6 is 11.3 Å². The summed E-state index contributed by atoms with van der Waals surface area (Å²) in [5.41, 5.74) is 1.25. The molecule has 0 atom stereocenters. The van der Waals surface area contributed by atoms with Crippen LogP contribution in [0.15, 0.2) is 0 Å². The van der Waals surface area contributed by atoms with E-state index >= 15 is 0 Å². The first-order valence-corrected chi connectivity index (χ1v) is 8.95. The zero-order valence-electron chi connectivity index (χ0n) is 13.7. The van der Waals surface area contributed by atoms with Gasteiger partial charge in [-0.1, -0.05) is 19.8 Å². The number of thiazole rings is 1. The maximum absolute atomic E-state index is 5.07. The van der Waals surface area contributed by atoms with Crippen molar-refractivity contribution in [2.24, 2.45) is 5.92 Å². The number of rotatable bonds is 9. The summed E-state index contributed by atoms with van der Waals surface area (Å²) in [6.07, 6.45) is 6.61. The van der Waals surface area contributed by atoms with Crippen molar-refractivity contribution in [2.45, 2.75) is 45.6 Å². The molecule has 1 fully saturated rings. The summed E-state index contributed by atoms with van der Waals surface area (Å²) in [4.78, 5) is 8.58. The minimum Gasteiger partial charge on any atom is -0.383 e. The van der Waals surface area contributed by atoms with Crippen LogP contribution in [0.4, 0.5) is 5.13 Å². The van der Waals surface area contributed by atoms with E-state index in [2.05, 4.69) is 24.2 Å². The van der Waals surface area contributed by atoms with Crippen LogP contribution in [-0.4, -0.2) is 38.8 Å². The molecule has 0 bridgehead atoms. The molecule has 0 aromatic carbocycles. The molecule has 0 saturated heterocycles. The van der Waals surface area contributed by atoms with Crippen molar-refractivity contribution in [1.82, 2.24) is 10.3 Å². The van der Waals surface area contributed by atoms with Gasteiger partial charge in [-0.2, -0.15) is 0 Å². The first kappa shape index (κ1) is 16.7. The van der Waals surface area contributed by atoms with Crippen molar-refractivity contribution in [2.75, 3.05) is 38.8 Å². The molecule has 4 nitrogen and oxygen atoms in total. The molecule has 0 spiro atoms. The highest BCUT2D eigenvalue weighted by atomic mass is 32.1. The second-order valence-corrected chi connectivity index (χ2v) is 6.98. The number of aromatic nitrogens is 1. The zero-order valence-corrected chi connectivity index (χ0v) is 14.5. The summed E-state index contributed by atoms with van der Waals surface area (Å²) in [6.45, 7) is 5.91. The van der Waals surface area contributed by atoms with Crippen LogP contribution in [0.2, 0.25) is 0 Å². The lowest BCUT2D eigenvalue weighted by Gasteiger charge is -2.19. The smallest absolute Gasteiger partial charge is 0.185 e. The van der Waals surface area contributed by atoms with Gasteiger partial charge in [0.2, 0.25) is 0 Å². The highest BCUT2D eigenvalue weighted by Crippen LogP contribution is 2.30. The van der Waals surface area contributed by atoms with Gasteiger partial charge in [0.1, 0.15) is 0 Å². The monoisotopic (exact) mass is 311 g/mol. The van der Waals surface area contributed by atoms with Gasteiger partial charge in [0.25, 0.3) is 0 Å². The summed E-state index contributed by atoms with van der Waals surface area (Å²) in [5, 5.41) is 4.61. The first-order valence-electron chi connectivity index (χ1n) is 8.14. The Bertz CT molecular complexity index is 416. The standard InChI is InChI=1S/C16H29N3OS/c1-4-14-15(11-17-9-10-20-3)21-16(18-14)19(2)12-13-7-5-6-8-13/h13,17H,4-12H2,1-3H3. The van der Waals surface area contributed by atoms with Crippen LogP contribution in [0.3, 0.4) is 0 Å². The van der Waals surface area contributed by atoms with Crippen LogP contribution < -0.4 is 10.2 Å². The molecule has 5 heteroatoms. The van der Waals surface area contributed by atoms with Gasteiger partial charge in [0.15, 0.2) is 5.13 Å². The Kier molecular flexibility index (Phi) is 6.93. The second-order valence-electron chi connectivity index (χ2n) is 5.92. The minimum atomic E-state index is 0.759. The lowest BCUT2D eigenvalue weighted by atomic mass is 10.1. The normalized spacial score (nSPS) is 15.8. The predicted octanol–water partition coefficient (Wildman–Crippen LogP) is 3.07. The van der Waals surface area contributed by atoms with Gasteiger partial charge in [-0.05, 0) is 25.2 Å². The van der Waals surface area contributed by atoms with E-state index in [-0.39, 0.29) is 0 Å². The van der Waals surface area contributed by atoms with Crippen LogP contribution in [0.25, 0.3) is 0 Å². The molecule has 1 aromatic rings. The number of hydrogen-bond acceptors (Lipinski definition) is 5. The molecular formula is C16H29N3OS. The maximum Gasteiger partial charge on any atom is 0.185 e. The topological polar surface area (TPSA) is 37.4 Å². The third kappa shape index (κ3) is 4.94. The first-order chi connectivity index (χ1) is 10.2. The molecular weight excluding hydrogens is 282 g/mol. The van der Waals surface area contributed by atoms with Gasteiger partial charge in [0, 0.05) is 38.7 Å². The van der Waals surface area contributed by atoms with E-state index in [0.717, 1.165) is 38.6 Å². The van der Waals surface area contributed by atoms with Crippen molar-refractivity contribution in [1.29, 1.82) is 0 Å². The number of anilines is 1. The largest absolute Gasteiger partial charge is 0.383 e. The van der Waals surface area contributed by atoms with Crippen molar-refractivity contribution in [3.8, 4) is 0 Å². The third-order valence-electron chi connectivity index (χ3n) is 4.20. The second kappa shape index (κ2) is 8.71. The van der Waals surface area contributed by atoms with E-state index in [1.54, 1.807) is 7.11 Å². The zero-order chi connectivity index (χ0) is 15.1. The minimum absolute atomic E-state index is 0.759. The summed E-state index contributed by atoms with van der Waals surface area (Å²) < 4.78 is 5.07. The predicted molar refractivity (Wildman–Crippen MR) is 90.3 cm³/mol. The summed E-state index contributed by atoms with van der Waals surface area (Å²) in [6, 6.07) is 0. The fourth-order valence-electron chi connectivity index (χ4n) is 2.98. The molecule has 1 saturated carbocycles. The van der Waals surface area contributed by atoms with Gasteiger partial charge < -0.3 is 15.0 Å². The Balaban J connectivity index is 1.91. The molecule has 1 aliphatic carbocycles. The maximum atomic E-state index is 5.07. The SMILES string of the molecule is CCc1nc(N(C)CC2CCCC2)sc1CNCCOC. The van der Waals surface area contributed by atoms with Crippen molar-refractivity contribution in [3.63, 3.8) is 0 Å². The number of nitrogens with zero attached hydrogens (tertiary/aromatic N) is 2. The van der Waals surface area contributed by atoms with Gasteiger partial charge in [-0.3, -0.25) is 0 Å². The van der Waals surface area contributed by atoms with Crippen molar-refractivity contribution in [3.05, 3.63) is 10.6 Å². The molecule has 0 unspecified atom stereocenters. The number of methoxy groups -OCH3 is 1. The summed E-state index contributed by atoms with van der Waals surface area (Å²) >= 11 is 1.85. The fourth-order valence-corrected chi connectivity index (χ4v) is 4.07. The van der Waals surface area contributed by atoms with Crippen LogP contribution in [0, 0.1) is 5.92 Å². The third-order valence-corrected chi connectivity index (χ3v) is 5.42. The van der Waals surface area contributed by atoms with Crippen molar-refractivity contribution >= 4 is 16.5 Å². The Labute approximate surface area is 132 Å².